The molecule has 142 valence electrons. The van der Waals surface area contributed by atoms with Crippen LogP contribution in [0.25, 0.3) is 22.3 Å². The van der Waals surface area contributed by atoms with Gasteiger partial charge < -0.3 is 9.30 Å². The highest BCUT2D eigenvalue weighted by molar-refractivity contribution is 5.98. The largest absolute Gasteiger partial charge is 0.461 e. The first-order valence-corrected chi connectivity index (χ1v) is 9.26. The third-order valence-corrected chi connectivity index (χ3v) is 4.65. The first-order chi connectivity index (χ1) is 13.6. The van der Waals surface area contributed by atoms with Gasteiger partial charge in [0.05, 0.1) is 12.2 Å². The van der Waals surface area contributed by atoms with Gasteiger partial charge in [-0.3, -0.25) is 0 Å². The minimum atomic E-state index is -0.417. The molecule has 0 aliphatic rings. The fourth-order valence-corrected chi connectivity index (χ4v) is 3.38. The Kier molecular flexibility index (Phi) is 5.85. The Morgan fingerprint density at radius 3 is 2.32 bits per heavy atom. The molecule has 3 aromatic rings. The molecule has 0 amide bonds. The van der Waals surface area contributed by atoms with E-state index in [1.807, 2.05) is 31.3 Å². The molecule has 0 radical (unpaired) electrons. The van der Waals surface area contributed by atoms with Crippen molar-refractivity contribution in [2.24, 2.45) is 7.05 Å². The average molecular weight is 374 g/mol. The summed E-state index contributed by atoms with van der Waals surface area (Å²) in [6.07, 6.45) is 6.57. The quantitative estimate of drug-likeness (QED) is 0.606. The van der Waals surface area contributed by atoms with Gasteiger partial charge in [0.2, 0.25) is 0 Å². The number of hydrogen-bond acceptors (Lipinski definition) is 5. The van der Waals surface area contributed by atoms with Gasteiger partial charge in [0.25, 0.3) is 0 Å². The Morgan fingerprint density at radius 1 is 1.11 bits per heavy atom. The van der Waals surface area contributed by atoms with E-state index >= 15 is 0 Å². The van der Waals surface area contributed by atoms with E-state index in [2.05, 4.69) is 23.0 Å². The van der Waals surface area contributed by atoms with Gasteiger partial charge in [-0.2, -0.15) is 5.26 Å². The summed E-state index contributed by atoms with van der Waals surface area (Å²) in [5, 5.41) is 9.84. The molecule has 1 aromatic carbocycles. The van der Waals surface area contributed by atoms with Crippen LogP contribution in [0.3, 0.4) is 0 Å². The number of ether oxygens (including phenoxy) is 1. The number of hydrogen-bond donors (Lipinski definition) is 0. The van der Waals surface area contributed by atoms with Crippen LogP contribution in [-0.2, 0) is 18.2 Å². The van der Waals surface area contributed by atoms with Crippen molar-refractivity contribution in [1.29, 1.82) is 5.26 Å². The molecule has 6 nitrogen and oxygen atoms in total. The minimum absolute atomic E-state index is 0.279. The number of benzene rings is 1. The van der Waals surface area contributed by atoms with Crippen molar-refractivity contribution in [3.8, 4) is 28.3 Å². The number of nitriles is 1. The van der Waals surface area contributed by atoms with Crippen molar-refractivity contribution >= 4 is 5.97 Å². The van der Waals surface area contributed by atoms with E-state index in [-0.39, 0.29) is 6.61 Å². The zero-order chi connectivity index (χ0) is 20.1. The monoisotopic (exact) mass is 374 g/mol. The fourth-order valence-electron chi connectivity index (χ4n) is 3.38. The smallest absolute Gasteiger partial charge is 0.355 e. The van der Waals surface area contributed by atoms with Gasteiger partial charge in [-0.1, -0.05) is 37.6 Å². The standard InChI is InChI=1S/C22H22N4O2/c1-4-6-19-18(11-23)20(21(26(19)3)22(27)28-5-2)16-9-7-15(8-10-16)17-12-24-14-25-13-17/h7-10,12-14H,4-6H2,1-3H3. The fraction of sp³-hybridized carbons (Fsp3) is 0.273. The molecule has 0 saturated carbocycles. The molecule has 3 rings (SSSR count). The van der Waals surface area contributed by atoms with Gasteiger partial charge in [0, 0.05) is 36.3 Å². The lowest BCUT2D eigenvalue weighted by atomic mass is 9.97. The lowest BCUT2D eigenvalue weighted by Gasteiger charge is -2.09. The maximum Gasteiger partial charge on any atom is 0.355 e. The molecule has 28 heavy (non-hydrogen) atoms. The zero-order valence-corrected chi connectivity index (χ0v) is 16.3. The van der Waals surface area contributed by atoms with E-state index in [9.17, 15) is 10.1 Å². The topological polar surface area (TPSA) is 80.8 Å². The van der Waals surface area contributed by atoms with Gasteiger partial charge in [0.1, 0.15) is 18.1 Å². The van der Waals surface area contributed by atoms with Gasteiger partial charge in [-0.25, -0.2) is 14.8 Å². The average Bonchev–Trinajstić information content (AvgIpc) is 3.01. The first kappa shape index (κ1) is 19.3. The molecule has 0 spiro atoms. The van der Waals surface area contributed by atoms with Crippen LogP contribution in [0, 0.1) is 11.3 Å². The van der Waals surface area contributed by atoms with Crippen molar-refractivity contribution in [2.75, 3.05) is 6.61 Å². The summed E-state index contributed by atoms with van der Waals surface area (Å²) in [5.74, 6) is -0.417. The molecule has 0 fully saturated rings. The highest BCUT2D eigenvalue weighted by Gasteiger charge is 2.27. The van der Waals surface area contributed by atoms with Gasteiger partial charge in [0.15, 0.2) is 0 Å². The minimum Gasteiger partial charge on any atom is -0.461 e. The lowest BCUT2D eigenvalue weighted by Crippen LogP contribution is -2.12. The number of nitrogens with zero attached hydrogens (tertiary/aromatic N) is 4. The van der Waals surface area contributed by atoms with Crippen molar-refractivity contribution in [3.63, 3.8) is 0 Å². The third kappa shape index (κ3) is 3.52. The SMILES string of the molecule is CCCc1c(C#N)c(-c2ccc(-c3cncnc3)cc2)c(C(=O)OCC)n1C. The van der Waals surface area contributed by atoms with Crippen LogP contribution in [0.4, 0.5) is 0 Å². The second-order valence-electron chi connectivity index (χ2n) is 6.39. The first-order valence-electron chi connectivity index (χ1n) is 9.26. The Balaban J connectivity index is 2.16. The number of carbonyl (C=O) groups excluding carboxylic acids is 1. The summed E-state index contributed by atoms with van der Waals surface area (Å²) in [7, 11) is 1.82. The van der Waals surface area contributed by atoms with E-state index in [0.717, 1.165) is 28.8 Å². The molecular formula is C22H22N4O2. The molecule has 0 unspecified atom stereocenters. The second-order valence-corrected chi connectivity index (χ2v) is 6.39. The van der Waals surface area contributed by atoms with Crippen LogP contribution in [0.1, 0.15) is 42.0 Å². The molecule has 6 heteroatoms. The third-order valence-electron chi connectivity index (χ3n) is 4.65. The Hall–Kier alpha value is -3.46. The maximum atomic E-state index is 12.7. The van der Waals surface area contributed by atoms with Crippen LogP contribution >= 0.6 is 0 Å². The van der Waals surface area contributed by atoms with Crippen LogP contribution < -0.4 is 0 Å². The predicted molar refractivity (Wildman–Crippen MR) is 107 cm³/mol. The number of aromatic nitrogens is 3. The molecule has 0 bridgehead atoms. The van der Waals surface area contributed by atoms with Crippen LogP contribution in [0.2, 0.25) is 0 Å². The molecule has 0 saturated heterocycles. The van der Waals surface area contributed by atoms with Gasteiger partial charge in [-0.05, 0) is 24.5 Å². The second kappa shape index (κ2) is 8.49. The Morgan fingerprint density at radius 2 is 1.75 bits per heavy atom. The highest BCUT2D eigenvalue weighted by atomic mass is 16.5. The van der Waals surface area contributed by atoms with Crippen molar-refractivity contribution in [1.82, 2.24) is 14.5 Å². The summed E-state index contributed by atoms with van der Waals surface area (Å²) in [5.41, 5.74) is 5.09. The van der Waals surface area contributed by atoms with E-state index in [1.54, 1.807) is 23.9 Å². The van der Waals surface area contributed by atoms with Crippen molar-refractivity contribution in [2.45, 2.75) is 26.7 Å². The summed E-state index contributed by atoms with van der Waals surface area (Å²) in [6, 6.07) is 10.0. The van der Waals surface area contributed by atoms with Crippen LogP contribution in [0.5, 0.6) is 0 Å². The lowest BCUT2D eigenvalue weighted by molar-refractivity contribution is 0.0516. The van der Waals surface area contributed by atoms with Crippen LogP contribution in [-0.4, -0.2) is 27.1 Å². The predicted octanol–water partition coefficient (Wildman–Crippen LogP) is 4.15. The van der Waals surface area contributed by atoms with Crippen LogP contribution in [0.15, 0.2) is 43.0 Å². The summed E-state index contributed by atoms with van der Waals surface area (Å²) in [4.78, 5) is 20.8. The molecule has 2 aromatic heterocycles. The zero-order valence-electron chi connectivity index (χ0n) is 16.3. The summed E-state index contributed by atoms with van der Waals surface area (Å²) in [6.45, 7) is 4.10. The maximum absolute atomic E-state index is 12.7. The molecule has 2 heterocycles. The molecule has 0 atom stereocenters. The number of esters is 1. The van der Waals surface area contributed by atoms with Gasteiger partial charge in [-0.15, -0.1) is 0 Å². The molecule has 0 aliphatic heterocycles. The molecular weight excluding hydrogens is 352 g/mol. The summed E-state index contributed by atoms with van der Waals surface area (Å²) >= 11 is 0. The Labute approximate surface area is 164 Å². The van der Waals surface area contributed by atoms with Crippen molar-refractivity contribution < 1.29 is 9.53 Å². The molecule has 0 N–H and O–H groups in total. The summed E-state index contributed by atoms with van der Waals surface area (Å²) < 4.78 is 7.07. The van der Waals surface area contributed by atoms with E-state index in [4.69, 9.17) is 4.74 Å². The number of carbonyl (C=O) groups is 1. The van der Waals surface area contributed by atoms with E-state index in [0.29, 0.717) is 23.2 Å². The number of rotatable bonds is 6. The van der Waals surface area contributed by atoms with Crippen molar-refractivity contribution in [3.05, 3.63) is 59.9 Å². The highest BCUT2D eigenvalue weighted by Crippen LogP contribution is 2.34. The van der Waals surface area contributed by atoms with E-state index in [1.165, 1.54) is 6.33 Å². The normalized spacial score (nSPS) is 10.5. The van der Waals surface area contributed by atoms with Gasteiger partial charge >= 0.3 is 5.97 Å². The Bertz CT molecular complexity index is 1020. The molecule has 0 aliphatic carbocycles. The van der Waals surface area contributed by atoms with E-state index < -0.39 is 5.97 Å².